The second-order valence-electron chi connectivity index (χ2n) is 6.38. The molecule has 0 aliphatic rings. The van der Waals surface area contributed by atoms with Gasteiger partial charge in [0.2, 0.25) is 5.76 Å². The predicted octanol–water partition coefficient (Wildman–Crippen LogP) is 3.41. The number of fused-ring (bicyclic) bond motifs is 1. The smallest absolute Gasteiger partial charge is 0.375 e. The summed E-state index contributed by atoms with van der Waals surface area (Å²) in [5.41, 5.74) is 2.46. The average molecular weight is 373 g/mol. The number of amides is 1. The molecule has 8 heteroatoms. The van der Waals surface area contributed by atoms with Crippen molar-refractivity contribution < 1.29 is 23.1 Å². The van der Waals surface area contributed by atoms with Crippen LogP contribution < -0.4 is 5.32 Å². The quantitative estimate of drug-likeness (QED) is 0.708. The van der Waals surface area contributed by atoms with Gasteiger partial charge < -0.3 is 14.5 Å². The van der Waals surface area contributed by atoms with Crippen LogP contribution in [0, 0.1) is 26.6 Å². The van der Waals surface area contributed by atoms with Crippen molar-refractivity contribution in [1.82, 2.24) is 9.78 Å². The van der Waals surface area contributed by atoms with E-state index in [0.717, 1.165) is 5.69 Å². The summed E-state index contributed by atoms with van der Waals surface area (Å²) in [7, 11) is 1.77. The third kappa shape index (κ3) is 3.30. The van der Waals surface area contributed by atoms with Gasteiger partial charge in [0.05, 0.1) is 17.1 Å². The van der Waals surface area contributed by atoms with E-state index in [1.807, 2.05) is 6.92 Å². The van der Waals surface area contributed by atoms with Crippen LogP contribution in [0.25, 0.3) is 11.0 Å². The number of halogens is 1. The number of benzene rings is 1. The number of anilines is 1. The summed E-state index contributed by atoms with van der Waals surface area (Å²) in [6, 6.07) is 4.43. The number of carbonyl (C=O) groups excluding carboxylic acids is 2. The Balaban J connectivity index is 1.77. The van der Waals surface area contributed by atoms with Crippen molar-refractivity contribution in [2.24, 2.45) is 7.05 Å². The van der Waals surface area contributed by atoms with Crippen molar-refractivity contribution in [3.63, 3.8) is 0 Å². The number of hydrogen-bond donors (Lipinski definition) is 1. The average Bonchev–Trinajstić information content (AvgIpc) is 3.07. The van der Waals surface area contributed by atoms with Crippen molar-refractivity contribution in [2.45, 2.75) is 33.8 Å². The molecule has 142 valence electrons. The molecule has 0 radical (unpaired) electrons. The van der Waals surface area contributed by atoms with E-state index in [1.54, 1.807) is 31.6 Å². The van der Waals surface area contributed by atoms with Crippen LogP contribution in [0.4, 0.5) is 10.1 Å². The number of hydrogen-bond acceptors (Lipinski definition) is 5. The Kier molecular flexibility index (Phi) is 4.73. The van der Waals surface area contributed by atoms with Crippen LogP contribution >= 0.6 is 0 Å². The second-order valence-corrected chi connectivity index (χ2v) is 6.38. The molecule has 0 bridgehead atoms. The topological polar surface area (TPSA) is 86.4 Å². The van der Waals surface area contributed by atoms with Gasteiger partial charge in [-0.3, -0.25) is 9.48 Å². The van der Waals surface area contributed by atoms with Crippen molar-refractivity contribution in [1.29, 1.82) is 0 Å². The van der Waals surface area contributed by atoms with E-state index in [-0.39, 0.29) is 11.3 Å². The van der Waals surface area contributed by atoms with E-state index in [1.165, 1.54) is 19.1 Å². The molecule has 0 spiro atoms. The lowest BCUT2D eigenvalue weighted by molar-refractivity contribution is -0.123. The van der Waals surface area contributed by atoms with Gasteiger partial charge in [0.25, 0.3) is 5.91 Å². The van der Waals surface area contributed by atoms with E-state index in [2.05, 4.69) is 10.4 Å². The zero-order valence-corrected chi connectivity index (χ0v) is 15.7. The molecule has 2 heterocycles. The molecule has 2 aromatic heterocycles. The monoisotopic (exact) mass is 373 g/mol. The van der Waals surface area contributed by atoms with Gasteiger partial charge in [-0.15, -0.1) is 0 Å². The van der Waals surface area contributed by atoms with Gasteiger partial charge in [0.15, 0.2) is 17.5 Å². The van der Waals surface area contributed by atoms with Gasteiger partial charge in [-0.05, 0) is 33.8 Å². The maximum absolute atomic E-state index is 13.8. The van der Waals surface area contributed by atoms with E-state index >= 15 is 0 Å². The van der Waals surface area contributed by atoms with E-state index < -0.39 is 23.8 Å². The Bertz CT molecular complexity index is 1050. The van der Waals surface area contributed by atoms with Crippen LogP contribution in [0.2, 0.25) is 0 Å². The number of nitrogens with zero attached hydrogens (tertiary/aromatic N) is 2. The van der Waals surface area contributed by atoms with Gasteiger partial charge in [-0.1, -0.05) is 12.1 Å². The third-order valence-corrected chi connectivity index (χ3v) is 4.51. The molecule has 7 nitrogen and oxygen atoms in total. The standard InChI is InChI=1S/C19H20FN3O4/c1-9-13-7-6-8-14(20)17(13)27-16(9)19(25)26-12(4)18(24)21-15-10(2)22-23(5)11(15)3/h6-8,12H,1-5H3,(H,21,24)/t12-/m0/s1. The Morgan fingerprint density at radius 2 is 2.00 bits per heavy atom. The molecular weight excluding hydrogens is 353 g/mol. The van der Waals surface area contributed by atoms with Crippen LogP contribution in [0.1, 0.15) is 34.4 Å². The molecule has 0 unspecified atom stereocenters. The van der Waals surface area contributed by atoms with Crippen LogP contribution in [0.5, 0.6) is 0 Å². The largest absolute Gasteiger partial charge is 0.447 e. The molecule has 1 atom stereocenters. The highest BCUT2D eigenvalue weighted by molar-refractivity contribution is 5.99. The van der Waals surface area contributed by atoms with Crippen molar-refractivity contribution in [3.8, 4) is 0 Å². The predicted molar refractivity (Wildman–Crippen MR) is 97.1 cm³/mol. The molecule has 0 aliphatic heterocycles. The Labute approximate surface area is 155 Å². The normalized spacial score (nSPS) is 12.2. The number of ether oxygens (including phenoxy) is 1. The van der Waals surface area contributed by atoms with Crippen molar-refractivity contribution in [2.75, 3.05) is 5.32 Å². The fourth-order valence-electron chi connectivity index (χ4n) is 2.85. The van der Waals surface area contributed by atoms with Crippen LogP contribution in [0.3, 0.4) is 0 Å². The molecule has 0 fully saturated rings. The zero-order valence-electron chi connectivity index (χ0n) is 15.7. The highest BCUT2D eigenvalue weighted by Crippen LogP contribution is 2.28. The van der Waals surface area contributed by atoms with Crippen LogP contribution in [0.15, 0.2) is 22.6 Å². The molecule has 27 heavy (non-hydrogen) atoms. The first-order valence-corrected chi connectivity index (χ1v) is 8.40. The number of aromatic nitrogens is 2. The SMILES string of the molecule is Cc1nn(C)c(C)c1NC(=O)[C@H](C)OC(=O)c1oc2c(F)cccc2c1C. The lowest BCUT2D eigenvalue weighted by Crippen LogP contribution is -2.30. The molecule has 1 N–H and O–H groups in total. The summed E-state index contributed by atoms with van der Waals surface area (Å²) in [5.74, 6) is -2.01. The van der Waals surface area contributed by atoms with Gasteiger partial charge in [-0.2, -0.15) is 5.10 Å². The maximum atomic E-state index is 13.8. The number of rotatable bonds is 4. The Morgan fingerprint density at radius 1 is 1.30 bits per heavy atom. The molecule has 0 aliphatic carbocycles. The summed E-state index contributed by atoms with van der Waals surface area (Å²) in [4.78, 5) is 24.8. The van der Waals surface area contributed by atoms with Gasteiger partial charge in [0, 0.05) is 18.0 Å². The molecular formula is C19H20FN3O4. The number of carbonyl (C=O) groups is 2. The number of para-hydroxylation sites is 1. The number of esters is 1. The van der Waals surface area contributed by atoms with Crippen molar-refractivity contribution in [3.05, 3.63) is 46.7 Å². The first-order chi connectivity index (χ1) is 12.7. The summed E-state index contributed by atoms with van der Waals surface area (Å²) >= 11 is 0. The minimum atomic E-state index is -1.08. The highest BCUT2D eigenvalue weighted by Gasteiger charge is 2.26. The van der Waals surface area contributed by atoms with Gasteiger partial charge in [-0.25, -0.2) is 9.18 Å². The van der Waals surface area contributed by atoms with Crippen LogP contribution in [-0.2, 0) is 16.6 Å². The molecule has 1 amide bonds. The lowest BCUT2D eigenvalue weighted by Gasteiger charge is -2.13. The fourth-order valence-corrected chi connectivity index (χ4v) is 2.85. The second kappa shape index (κ2) is 6.86. The fraction of sp³-hybridized carbons (Fsp3) is 0.316. The minimum absolute atomic E-state index is 0.0133. The van der Waals surface area contributed by atoms with Crippen LogP contribution in [-0.4, -0.2) is 27.8 Å². The summed E-state index contributed by atoms with van der Waals surface area (Å²) in [6.07, 6.45) is -1.08. The highest BCUT2D eigenvalue weighted by atomic mass is 19.1. The molecule has 0 saturated heterocycles. The molecule has 0 saturated carbocycles. The van der Waals surface area contributed by atoms with E-state index in [9.17, 15) is 14.0 Å². The summed E-state index contributed by atoms with van der Waals surface area (Å²) < 4.78 is 26.0. The number of aryl methyl sites for hydroxylation is 3. The number of nitrogens with one attached hydrogen (secondary N) is 1. The molecule has 3 rings (SSSR count). The van der Waals surface area contributed by atoms with E-state index in [4.69, 9.17) is 9.15 Å². The van der Waals surface area contributed by atoms with Gasteiger partial charge in [0.1, 0.15) is 0 Å². The minimum Gasteiger partial charge on any atom is -0.447 e. The maximum Gasteiger partial charge on any atom is 0.375 e. The lowest BCUT2D eigenvalue weighted by atomic mass is 10.1. The first-order valence-electron chi connectivity index (χ1n) is 8.40. The Hall–Kier alpha value is -3.16. The molecule has 3 aromatic rings. The summed E-state index contributed by atoms with van der Waals surface area (Å²) in [5, 5.41) is 7.42. The third-order valence-electron chi connectivity index (χ3n) is 4.51. The summed E-state index contributed by atoms with van der Waals surface area (Å²) in [6.45, 7) is 6.67. The first kappa shape index (κ1) is 18.6. The Morgan fingerprint density at radius 3 is 2.59 bits per heavy atom. The zero-order chi connectivity index (χ0) is 19.9. The number of furan rings is 1. The molecule has 1 aromatic carbocycles. The van der Waals surface area contributed by atoms with Gasteiger partial charge >= 0.3 is 5.97 Å². The van der Waals surface area contributed by atoms with E-state index in [0.29, 0.717) is 22.3 Å². The van der Waals surface area contributed by atoms with Crippen molar-refractivity contribution >= 4 is 28.5 Å².